The number of ether oxygens (including phenoxy) is 1. The molecule has 2 aromatic heterocycles. The molecular formula is C16H18N4O2. The average molecular weight is 298 g/mol. The third-order valence-corrected chi connectivity index (χ3v) is 3.41. The fourth-order valence-electron chi connectivity index (χ4n) is 2.39. The van der Waals surface area contributed by atoms with Crippen molar-refractivity contribution in [2.45, 2.75) is 19.9 Å². The maximum absolute atomic E-state index is 11.8. The van der Waals surface area contributed by atoms with Crippen LogP contribution in [0.15, 0.2) is 42.7 Å². The summed E-state index contributed by atoms with van der Waals surface area (Å²) >= 11 is 0. The Hall–Kier alpha value is -2.76. The summed E-state index contributed by atoms with van der Waals surface area (Å²) < 4.78 is 7.84. The molecular weight excluding hydrogens is 280 g/mol. The number of aromatic amines is 1. The number of carbonyl (C=O) groups is 1. The van der Waals surface area contributed by atoms with Gasteiger partial charge in [-0.15, -0.1) is 0 Å². The molecule has 0 spiro atoms. The Morgan fingerprint density at radius 1 is 1.36 bits per heavy atom. The first-order valence-corrected chi connectivity index (χ1v) is 7.17. The summed E-state index contributed by atoms with van der Waals surface area (Å²) in [7, 11) is 0. The topological polar surface area (TPSA) is 71.9 Å². The van der Waals surface area contributed by atoms with Crippen LogP contribution in [-0.2, 0) is 4.79 Å². The molecule has 22 heavy (non-hydrogen) atoms. The number of anilines is 1. The molecule has 0 radical (unpaired) electrons. The maximum atomic E-state index is 11.8. The van der Waals surface area contributed by atoms with E-state index in [-0.39, 0.29) is 12.5 Å². The lowest BCUT2D eigenvalue weighted by Crippen LogP contribution is -2.20. The molecule has 3 rings (SSSR count). The molecule has 6 heteroatoms. The normalized spacial score (nSPS) is 11.0. The van der Waals surface area contributed by atoms with Crippen LogP contribution in [0.5, 0.6) is 5.75 Å². The highest BCUT2D eigenvalue weighted by Crippen LogP contribution is 2.28. The second-order valence-corrected chi connectivity index (χ2v) is 5.31. The first-order chi connectivity index (χ1) is 10.6. The molecule has 0 aliphatic heterocycles. The Morgan fingerprint density at radius 3 is 2.95 bits per heavy atom. The van der Waals surface area contributed by atoms with Gasteiger partial charge >= 0.3 is 0 Å². The Morgan fingerprint density at radius 2 is 2.23 bits per heavy atom. The van der Waals surface area contributed by atoms with Crippen molar-refractivity contribution in [3.8, 4) is 5.75 Å². The monoisotopic (exact) mass is 298 g/mol. The first kappa shape index (κ1) is 14.2. The smallest absolute Gasteiger partial charge is 0.263 e. The lowest BCUT2D eigenvalue weighted by Gasteiger charge is -2.11. The molecule has 2 heterocycles. The molecule has 0 fully saturated rings. The minimum Gasteiger partial charge on any atom is -0.483 e. The van der Waals surface area contributed by atoms with Crippen LogP contribution in [-0.4, -0.2) is 27.3 Å². The van der Waals surface area contributed by atoms with Crippen molar-refractivity contribution in [2.75, 3.05) is 11.9 Å². The number of fused-ring (bicyclic) bond motifs is 1. The maximum Gasteiger partial charge on any atom is 0.263 e. The second kappa shape index (κ2) is 5.93. The van der Waals surface area contributed by atoms with Gasteiger partial charge in [0.1, 0.15) is 11.6 Å². The molecule has 0 aliphatic rings. The number of H-pyrrole nitrogens is 1. The van der Waals surface area contributed by atoms with Crippen LogP contribution in [0.1, 0.15) is 19.9 Å². The van der Waals surface area contributed by atoms with Gasteiger partial charge in [0.2, 0.25) is 0 Å². The Labute approximate surface area is 128 Å². The number of benzene rings is 1. The molecule has 114 valence electrons. The number of nitrogens with zero attached hydrogens (tertiary/aromatic N) is 2. The second-order valence-electron chi connectivity index (χ2n) is 5.31. The van der Waals surface area contributed by atoms with Crippen LogP contribution in [0.4, 0.5) is 5.82 Å². The number of rotatable bonds is 5. The standard InChI is InChI=1S/C16H18N4O2/c1-11(2)20-9-7-12-13(20)4-3-5-14(12)22-10-16(21)18-15-6-8-17-19-15/h3-9,11H,10H2,1-2H3,(H2,17,18,19,21). The third-order valence-electron chi connectivity index (χ3n) is 3.41. The molecule has 3 aromatic rings. The number of nitrogens with one attached hydrogen (secondary N) is 2. The van der Waals surface area contributed by atoms with Crippen molar-refractivity contribution in [3.63, 3.8) is 0 Å². The number of hydrogen-bond donors (Lipinski definition) is 2. The van der Waals surface area contributed by atoms with Crippen molar-refractivity contribution in [3.05, 3.63) is 42.7 Å². The molecule has 0 unspecified atom stereocenters. The molecule has 1 amide bonds. The van der Waals surface area contributed by atoms with Gasteiger partial charge in [-0.25, -0.2) is 0 Å². The van der Waals surface area contributed by atoms with Gasteiger partial charge in [0, 0.05) is 23.7 Å². The number of hydrogen-bond acceptors (Lipinski definition) is 3. The molecule has 1 aromatic carbocycles. The van der Waals surface area contributed by atoms with Crippen LogP contribution in [0.25, 0.3) is 10.9 Å². The van der Waals surface area contributed by atoms with Gasteiger partial charge < -0.3 is 14.6 Å². The summed E-state index contributed by atoms with van der Waals surface area (Å²) in [6, 6.07) is 9.92. The van der Waals surface area contributed by atoms with E-state index in [2.05, 4.69) is 33.9 Å². The van der Waals surface area contributed by atoms with E-state index in [4.69, 9.17) is 4.74 Å². The van der Waals surface area contributed by atoms with E-state index in [1.54, 1.807) is 12.3 Å². The zero-order valence-corrected chi connectivity index (χ0v) is 12.5. The zero-order chi connectivity index (χ0) is 15.5. The predicted molar refractivity (Wildman–Crippen MR) is 85.0 cm³/mol. The highest BCUT2D eigenvalue weighted by Gasteiger charge is 2.10. The van der Waals surface area contributed by atoms with Gasteiger partial charge in [0.15, 0.2) is 6.61 Å². The van der Waals surface area contributed by atoms with E-state index >= 15 is 0 Å². The van der Waals surface area contributed by atoms with Crippen molar-refractivity contribution in [1.29, 1.82) is 0 Å². The number of amides is 1. The van der Waals surface area contributed by atoms with Crippen LogP contribution in [0.2, 0.25) is 0 Å². The van der Waals surface area contributed by atoms with Crippen molar-refractivity contribution < 1.29 is 9.53 Å². The summed E-state index contributed by atoms with van der Waals surface area (Å²) in [5.41, 5.74) is 1.10. The van der Waals surface area contributed by atoms with Gasteiger partial charge in [-0.1, -0.05) is 6.07 Å². The third kappa shape index (κ3) is 2.81. The summed E-state index contributed by atoms with van der Waals surface area (Å²) in [5, 5.41) is 10.1. The minimum atomic E-state index is -0.232. The fourth-order valence-corrected chi connectivity index (χ4v) is 2.39. The molecule has 0 saturated carbocycles. The quantitative estimate of drug-likeness (QED) is 0.760. The Kier molecular flexibility index (Phi) is 3.82. The van der Waals surface area contributed by atoms with Gasteiger partial charge in [-0.3, -0.25) is 9.89 Å². The van der Waals surface area contributed by atoms with Gasteiger partial charge in [-0.2, -0.15) is 5.10 Å². The van der Waals surface area contributed by atoms with Gasteiger partial charge in [-0.05, 0) is 32.0 Å². The van der Waals surface area contributed by atoms with Crippen molar-refractivity contribution >= 4 is 22.6 Å². The Balaban J connectivity index is 1.73. The van der Waals surface area contributed by atoms with Gasteiger partial charge in [0.25, 0.3) is 5.91 Å². The molecule has 0 aliphatic carbocycles. The van der Waals surface area contributed by atoms with E-state index in [1.165, 1.54) is 0 Å². The first-order valence-electron chi connectivity index (χ1n) is 7.17. The molecule has 2 N–H and O–H groups in total. The summed E-state index contributed by atoms with van der Waals surface area (Å²) in [6.07, 6.45) is 3.61. The zero-order valence-electron chi connectivity index (χ0n) is 12.5. The largest absolute Gasteiger partial charge is 0.483 e. The Bertz CT molecular complexity index is 775. The molecule has 6 nitrogen and oxygen atoms in total. The molecule has 0 saturated heterocycles. The summed E-state index contributed by atoms with van der Waals surface area (Å²) in [6.45, 7) is 4.21. The van der Waals surface area contributed by atoms with Crippen LogP contribution >= 0.6 is 0 Å². The number of carbonyl (C=O) groups excluding carboxylic acids is 1. The van der Waals surface area contributed by atoms with Crippen LogP contribution in [0, 0.1) is 0 Å². The molecule has 0 atom stereocenters. The lowest BCUT2D eigenvalue weighted by atomic mass is 10.2. The lowest BCUT2D eigenvalue weighted by molar-refractivity contribution is -0.118. The predicted octanol–water partition coefficient (Wildman–Crippen LogP) is 2.96. The highest BCUT2D eigenvalue weighted by molar-refractivity contribution is 5.91. The van der Waals surface area contributed by atoms with E-state index in [1.807, 2.05) is 30.5 Å². The number of aromatic nitrogens is 3. The summed E-state index contributed by atoms with van der Waals surface area (Å²) in [4.78, 5) is 11.8. The minimum absolute atomic E-state index is 0.0506. The summed E-state index contributed by atoms with van der Waals surface area (Å²) in [5.74, 6) is 1.03. The van der Waals surface area contributed by atoms with Crippen LogP contribution < -0.4 is 10.1 Å². The van der Waals surface area contributed by atoms with Crippen LogP contribution in [0.3, 0.4) is 0 Å². The van der Waals surface area contributed by atoms with E-state index in [9.17, 15) is 4.79 Å². The average Bonchev–Trinajstić information content (AvgIpc) is 3.13. The highest BCUT2D eigenvalue weighted by atomic mass is 16.5. The van der Waals surface area contributed by atoms with E-state index < -0.39 is 0 Å². The fraction of sp³-hybridized carbons (Fsp3) is 0.250. The SMILES string of the molecule is CC(C)n1ccc2c(OCC(=O)Nc3ccn[nH]3)cccc21. The van der Waals surface area contributed by atoms with Gasteiger partial charge in [0.05, 0.1) is 11.7 Å². The van der Waals surface area contributed by atoms with Crippen molar-refractivity contribution in [2.24, 2.45) is 0 Å². The molecule has 0 bridgehead atoms. The van der Waals surface area contributed by atoms with E-state index in [0.717, 1.165) is 10.9 Å². The van der Waals surface area contributed by atoms with Crippen molar-refractivity contribution in [1.82, 2.24) is 14.8 Å². The van der Waals surface area contributed by atoms with E-state index in [0.29, 0.717) is 17.6 Å².